The van der Waals surface area contributed by atoms with Gasteiger partial charge in [-0.2, -0.15) is 0 Å². The number of hydrogen-bond acceptors (Lipinski definition) is 3. The summed E-state index contributed by atoms with van der Waals surface area (Å²) in [5.74, 6) is -0.187. The highest BCUT2D eigenvalue weighted by atomic mass is 19.1. The predicted molar refractivity (Wildman–Crippen MR) is 74.5 cm³/mol. The predicted octanol–water partition coefficient (Wildman–Crippen LogP) is 1.79. The fourth-order valence-corrected chi connectivity index (χ4v) is 2.84. The van der Waals surface area contributed by atoms with Crippen molar-refractivity contribution in [2.24, 2.45) is 5.41 Å². The molecule has 0 aromatic heterocycles. The van der Waals surface area contributed by atoms with Gasteiger partial charge in [-0.05, 0) is 6.07 Å². The lowest BCUT2D eigenvalue weighted by molar-refractivity contribution is 0.0286. The van der Waals surface area contributed by atoms with Crippen molar-refractivity contribution in [1.82, 2.24) is 10.2 Å². The Kier molecular flexibility index (Phi) is 4.55. The van der Waals surface area contributed by atoms with Crippen molar-refractivity contribution in [3.8, 4) is 0 Å². The van der Waals surface area contributed by atoms with E-state index in [1.165, 1.54) is 6.07 Å². The molecule has 1 saturated heterocycles. The van der Waals surface area contributed by atoms with Crippen molar-refractivity contribution >= 4 is 0 Å². The number of halogens is 1. The van der Waals surface area contributed by atoms with E-state index in [1.54, 1.807) is 6.07 Å². The second-order valence-electron chi connectivity index (χ2n) is 5.86. The van der Waals surface area contributed by atoms with Crippen molar-refractivity contribution in [3.63, 3.8) is 0 Å². The van der Waals surface area contributed by atoms with Gasteiger partial charge in [-0.3, -0.25) is 4.90 Å². The van der Waals surface area contributed by atoms with Crippen molar-refractivity contribution in [3.05, 3.63) is 35.6 Å². The maximum atomic E-state index is 14.1. The second-order valence-corrected chi connectivity index (χ2v) is 5.86. The quantitative estimate of drug-likeness (QED) is 0.872. The van der Waals surface area contributed by atoms with Crippen LogP contribution in [0.2, 0.25) is 0 Å². The van der Waals surface area contributed by atoms with Gasteiger partial charge in [0.1, 0.15) is 5.82 Å². The summed E-state index contributed by atoms with van der Waals surface area (Å²) in [7, 11) is 0. The van der Waals surface area contributed by atoms with E-state index in [2.05, 4.69) is 10.2 Å². The van der Waals surface area contributed by atoms with Gasteiger partial charge in [0.15, 0.2) is 0 Å². The molecule has 1 aromatic rings. The van der Waals surface area contributed by atoms with Gasteiger partial charge in [0.25, 0.3) is 0 Å². The van der Waals surface area contributed by atoms with Crippen molar-refractivity contribution in [2.45, 2.75) is 19.9 Å². The van der Waals surface area contributed by atoms with Crippen LogP contribution in [0.4, 0.5) is 4.39 Å². The van der Waals surface area contributed by atoms with E-state index in [0.717, 1.165) is 26.2 Å². The Morgan fingerprint density at radius 1 is 1.32 bits per heavy atom. The van der Waals surface area contributed by atoms with Crippen LogP contribution in [0.25, 0.3) is 0 Å². The molecular weight excluding hydrogens is 243 g/mol. The van der Waals surface area contributed by atoms with Crippen LogP contribution in [-0.2, 0) is 0 Å². The number of benzene rings is 1. The minimum absolute atomic E-state index is 0.0376. The Labute approximate surface area is 114 Å². The van der Waals surface area contributed by atoms with Crippen LogP contribution in [0.1, 0.15) is 25.5 Å². The molecule has 1 heterocycles. The lowest BCUT2D eigenvalue weighted by atomic mass is 9.79. The first kappa shape index (κ1) is 14.4. The van der Waals surface area contributed by atoms with Gasteiger partial charge in [0.2, 0.25) is 0 Å². The van der Waals surface area contributed by atoms with E-state index >= 15 is 0 Å². The molecule has 0 aliphatic carbocycles. The summed E-state index contributed by atoms with van der Waals surface area (Å²) in [4.78, 5) is 2.27. The number of nitrogens with one attached hydrogen (secondary N) is 1. The van der Waals surface area contributed by atoms with E-state index in [4.69, 9.17) is 0 Å². The van der Waals surface area contributed by atoms with Gasteiger partial charge < -0.3 is 10.4 Å². The molecule has 19 heavy (non-hydrogen) atoms. The molecule has 1 aliphatic rings. The van der Waals surface area contributed by atoms with Crippen LogP contribution in [0.3, 0.4) is 0 Å². The zero-order valence-electron chi connectivity index (χ0n) is 11.7. The van der Waals surface area contributed by atoms with Crippen LogP contribution in [-0.4, -0.2) is 42.8 Å². The molecule has 0 saturated carbocycles. The van der Waals surface area contributed by atoms with Gasteiger partial charge in [-0.15, -0.1) is 0 Å². The molecule has 0 amide bonds. The maximum Gasteiger partial charge on any atom is 0.128 e. The number of piperazine rings is 1. The number of hydrogen-bond donors (Lipinski definition) is 2. The van der Waals surface area contributed by atoms with Gasteiger partial charge in [0, 0.05) is 49.8 Å². The number of aliphatic hydroxyl groups excluding tert-OH is 1. The molecule has 0 bridgehead atoms. The van der Waals surface area contributed by atoms with Crippen LogP contribution < -0.4 is 5.32 Å². The highest BCUT2D eigenvalue weighted by Gasteiger charge is 2.36. The SMILES string of the molecule is CC(C)(CO)[C@H](c1ccccc1F)N1CCNCC1. The molecular formula is C15H23FN2O. The summed E-state index contributed by atoms with van der Waals surface area (Å²) in [6.45, 7) is 7.60. The summed E-state index contributed by atoms with van der Waals surface area (Å²) in [6.07, 6.45) is 0. The van der Waals surface area contributed by atoms with Crippen LogP contribution in [0, 0.1) is 11.2 Å². The van der Waals surface area contributed by atoms with Gasteiger partial charge in [0.05, 0.1) is 0 Å². The summed E-state index contributed by atoms with van der Waals surface area (Å²) < 4.78 is 14.1. The molecule has 1 aromatic carbocycles. The van der Waals surface area contributed by atoms with Crippen molar-refractivity contribution < 1.29 is 9.50 Å². The lowest BCUT2D eigenvalue weighted by Gasteiger charge is -2.43. The van der Waals surface area contributed by atoms with Crippen LogP contribution in [0.15, 0.2) is 24.3 Å². The first-order chi connectivity index (χ1) is 9.06. The normalized spacial score (nSPS) is 19.4. The standard InChI is InChI=1S/C15H23FN2O/c1-15(2,11-19)14(18-9-7-17-8-10-18)12-5-3-4-6-13(12)16/h3-6,14,17,19H,7-11H2,1-2H3/t14-/m0/s1. The Morgan fingerprint density at radius 3 is 2.53 bits per heavy atom. The number of nitrogens with zero attached hydrogens (tertiary/aromatic N) is 1. The van der Waals surface area contributed by atoms with Gasteiger partial charge in [-0.1, -0.05) is 32.0 Å². The molecule has 3 nitrogen and oxygen atoms in total. The average molecular weight is 266 g/mol. The van der Waals surface area contributed by atoms with Crippen molar-refractivity contribution in [1.29, 1.82) is 0 Å². The maximum absolute atomic E-state index is 14.1. The molecule has 2 N–H and O–H groups in total. The third-order valence-corrected chi connectivity index (χ3v) is 3.86. The lowest BCUT2D eigenvalue weighted by Crippen LogP contribution is -2.49. The molecule has 4 heteroatoms. The second kappa shape index (κ2) is 5.99. The summed E-state index contributed by atoms with van der Waals surface area (Å²) in [5.41, 5.74) is 0.308. The van der Waals surface area contributed by atoms with Crippen LogP contribution in [0.5, 0.6) is 0 Å². The largest absolute Gasteiger partial charge is 0.396 e. The van der Waals surface area contributed by atoms with E-state index < -0.39 is 0 Å². The molecule has 1 atom stereocenters. The minimum atomic E-state index is -0.375. The third-order valence-electron chi connectivity index (χ3n) is 3.86. The average Bonchev–Trinajstić information content (AvgIpc) is 2.42. The Balaban J connectivity index is 2.36. The van der Waals surface area contributed by atoms with Gasteiger partial charge >= 0.3 is 0 Å². The Morgan fingerprint density at radius 2 is 1.95 bits per heavy atom. The molecule has 0 unspecified atom stereocenters. The van der Waals surface area contributed by atoms with E-state index in [1.807, 2.05) is 26.0 Å². The number of rotatable bonds is 4. The Bertz CT molecular complexity index is 416. The molecule has 106 valence electrons. The zero-order valence-corrected chi connectivity index (χ0v) is 11.7. The number of aliphatic hydroxyl groups is 1. The highest BCUT2D eigenvalue weighted by Crippen LogP contribution is 2.39. The van der Waals surface area contributed by atoms with E-state index in [9.17, 15) is 9.50 Å². The molecule has 1 fully saturated rings. The topological polar surface area (TPSA) is 35.5 Å². The molecule has 2 rings (SSSR count). The van der Waals surface area contributed by atoms with Gasteiger partial charge in [-0.25, -0.2) is 4.39 Å². The third kappa shape index (κ3) is 3.14. The smallest absolute Gasteiger partial charge is 0.128 e. The monoisotopic (exact) mass is 266 g/mol. The fourth-order valence-electron chi connectivity index (χ4n) is 2.84. The molecule has 0 spiro atoms. The summed E-state index contributed by atoms with van der Waals surface area (Å²) >= 11 is 0. The van der Waals surface area contributed by atoms with Crippen molar-refractivity contribution in [2.75, 3.05) is 32.8 Å². The molecule has 0 radical (unpaired) electrons. The first-order valence-corrected chi connectivity index (χ1v) is 6.86. The van der Waals surface area contributed by atoms with E-state index in [-0.39, 0.29) is 23.9 Å². The minimum Gasteiger partial charge on any atom is -0.396 e. The first-order valence-electron chi connectivity index (χ1n) is 6.86. The summed E-state index contributed by atoms with van der Waals surface area (Å²) in [6, 6.07) is 6.80. The van der Waals surface area contributed by atoms with E-state index in [0.29, 0.717) is 5.56 Å². The Hall–Kier alpha value is -0.970. The molecule has 1 aliphatic heterocycles. The highest BCUT2D eigenvalue weighted by molar-refractivity contribution is 5.23. The summed E-state index contributed by atoms with van der Waals surface area (Å²) in [5, 5.41) is 13.0. The zero-order chi connectivity index (χ0) is 13.9. The van der Waals surface area contributed by atoms with Crippen LogP contribution >= 0.6 is 0 Å². The fraction of sp³-hybridized carbons (Fsp3) is 0.600.